The Labute approximate surface area is 163 Å². The molecule has 0 saturated carbocycles. The van der Waals surface area contributed by atoms with Crippen LogP contribution in [0.25, 0.3) is 11.1 Å². The van der Waals surface area contributed by atoms with Crippen LogP contribution in [-0.2, 0) is 11.2 Å². The van der Waals surface area contributed by atoms with Crippen molar-refractivity contribution in [1.82, 2.24) is 4.98 Å². The number of nitrogens with zero attached hydrogens (tertiary/aromatic N) is 1. The van der Waals surface area contributed by atoms with Crippen LogP contribution in [0.1, 0.15) is 33.5 Å². The van der Waals surface area contributed by atoms with Crippen LogP contribution in [0, 0.1) is 13.8 Å². The van der Waals surface area contributed by atoms with Gasteiger partial charge in [0.05, 0.1) is 5.56 Å². The maximum atomic E-state index is 13.0. The highest BCUT2D eigenvalue weighted by atomic mass is 16.2. The average Bonchev–Trinajstić information content (AvgIpc) is 2.68. The fourth-order valence-corrected chi connectivity index (χ4v) is 3.59. The van der Waals surface area contributed by atoms with Crippen molar-refractivity contribution < 1.29 is 9.59 Å². The second kappa shape index (κ2) is 7.27. The highest BCUT2D eigenvalue weighted by Crippen LogP contribution is 2.30. The summed E-state index contributed by atoms with van der Waals surface area (Å²) in [5.74, 6) is -0.148. The molecule has 1 aromatic heterocycles. The lowest BCUT2D eigenvalue weighted by molar-refractivity contribution is -0.116. The predicted molar refractivity (Wildman–Crippen MR) is 110 cm³/mol. The number of fused-ring (bicyclic) bond motifs is 1. The number of carbonyl (C=O) groups is 2. The molecule has 0 spiro atoms. The molecule has 1 aliphatic rings. The first-order valence-electron chi connectivity index (χ1n) is 9.27. The number of pyridine rings is 1. The van der Waals surface area contributed by atoms with Gasteiger partial charge in [0.15, 0.2) is 0 Å². The molecule has 1 aliphatic heterocycles. The van der Waals surface area contributed by atoms with Crippen molar-refractivity contribution in [2.24, 2.45) is 0 Å². The van der Waals surface area contributed by atoms with E-state index in [-0.39, 0.29) is 11.8 Å². The van der Waals surface area contributed by atoms with E-state index in [0.717, 1.165) is 39.2 Å². The van der Waals surface area contributed by atoms with E-state index in [1.807, 2.05) is 50.2 Å². The smallest absolute Gasteiger partial charge is 0.256 e. The summed E-state index contributed by atoms with van der Waals surface area (Å²) >= 11 is 0. The molecule has 0 fully saturated rings. The lowest BCUT2D eigenvalue weighted by Gasteiger charge is -2.20. The zero-order chi connectivity index (χ0) is 19.7. The Morgan fingerprint density at radius 2 is 1.96 bits per heavy atom. The molecule has 2 amide bonds. The van der Waals surface area contributed by atoms with E-state index in [0.29, 0.717) is 18.4 Å². The summed E-state index contributed by atoms with van der Waals surface area (Å²) in [6.45, 7) is 3.96. The van der Waals surface area contributed by atoms with Crippen LogP contribution < -0.4 is 10.6 Å². The van der Waals surface area contributed by atoms with Crippen molar-refractivity contribution in [2.45, 2.75) is 26.7 Å². The predicted octanol–water partition coefficient (Wildman–Crippen LogP) is 4.50. The molecule has 0 bridgehead atoms. The summed E-state index contributed by atoms with van der Waals surface area (Å²) in [6.07, 6.45) is 4.49. The van der Waals surface area contributed by atoms with Gasteiger partial charge in [-0.25, -0.2) is 0 Å². The number of hydrogen-bond acceptors (Lipinski definition) is 3. The number of amides is 2. The number of anilines is 2. The van der Waals surface area contributed by atoms with Gasteiger partial charge in [0.25, 0.3) is 5.91 Å². The molecule has 4 rings (SSSR count). The van der Waals surface area contributed by atoms with Gasteiger partial charge in [-0.1, -0.05) is 29.8 Å². The molecule has 0 saturated heterocycles. The molecular formula is C23H21N3O2. The zero-order valence-electron chi connectivity index (χ0n) is 15.9. The molecule has 0 atom stereocenters. The first kappa shape index (κ1) is 17.9. The first-order valence-corrected chi connectivity index (χ1v) is 9.27. The summed E-state index contributed by atoms with van der Waals surface area (Å²) < 4.78 is 0. The first-order chi connectivity index (χ1) is 13.5. The average molecular weight is 371 g/mol. The minimum absolute atomic E-state index is 0.0342. The second-order valence-electron chi connectivity index (χ2n) is 7.12. The quantitative estimate of drug-likeness (QED) is 0.712. The summed E-state index contributed by atoms with van der Waals surface area (Å²) in [4.78, 5) is 28.9. The standard InChI is InChI=1S/C23H21N3O2/c1-14-4-3-5-16(10-14)20-13-24-9-8-19(20)23(28)25-18-11-15(2)22-17(12-18)6-7-21(27)26-22/h3-5,8-13H,6-7H2,1-2H3,(H,25,28)(H,26,27). The molecule has 5 heteroatoms. The van der Waals surface area contributed by atoms with Gasteiger partial charge in [0.2, 0.25) is 5.91 Å². The van der Waals surface area contributed by atoms with Crippen molar-refractivity contribution >= 4 is 23.2 Å². The number of benzene rings is 2. The lowest BCUT2D eigenvalue weighted by atomic mass is 9.98. The summed E-state index contributed by atoms with van der Waals surface area (Å²) in [5.41, 5.74) is 7.03. The monoisotopic (exact) mass is 371 g/mol. The highest BCUT2D eigenvalue weighted by molar-refractivity contribution is 6.09. The second-order valence-corrected chi connectivity index (χ2v) is 7.12. The van der Waals surface area contributed by atoms with E-state index in [2.05, 4.69) is 15.6 Å². The van der Waals surface area contributed by atoms with Gasteiger partial charge in [-0.15, -0.1) is 0 Å². The largest absolute Gasteiger partial charge is 0.326 e. The van der Waals surface area contributed by atoms with E-state index >= 15 is 0 Å². The third-order valence-electron chi connectivity index (χ3n) is 4.96. The van der Waals surface area contributed by atoms with Gasteiger partial charge in [-0.3, -0.25) is 14.6 Å². The minimum Gasteiger partial charge on any atom is -0.326 e. The molecule has 3 aromatic rings. The Bertz CT molecular complexity index is 1090. The number of aromatic nitrogens is 1. The van der Waals surface area contributed by atoms with E-state index in [1.165, 1.54) is 0 Å². The minimum atomic E-state index is -0.182. The van der Waals surface area contributed by atoms with Gasteiger partial charge >= 0.3 is 0 Å². The van der Waals surface area contributed by atoms with Crippen LogP contribution in [0.4, 0.5) is 11.4 Å². The third-order valence-corrected chi connectivity index (χ3v) is 4.96. The van der Waals surface area contributed by atoms with Crippen LogP contribution >= 0.6 is 0 Å². The van der Waals surface area contributed by atoms with E-state index in [9.17, 15) is 9.59 Å². The Morgan fingerprint density at radius 3 is 2.79 bits per heavy atom. The fraction of sp³-hybridized carbons (Fsp3) is 0.174. The van der Waals surface area contributed by atoms with Gasteiger partial charge in [0.1, 0.15) is 0 Å². The maximum absolute atomic E-state index is 13.0. The Kier molecular flexibility index (Phi) is 4.65. The lowest BCUT2D eigenvalue weighted by Crippen LogP contribution is -2.20. The normalized spacial score (nSPS) is 12.9. The number of rotatable bonds is 3. The van der Waals surface area contributed by atoms with Crippen molar-refractivity contribution in [3.8, 4) is 11.1 Å². The van der Waals surface area contributed by atoms with Crippen molar-refractivity contribution in [3.05, 3.63) is 77.1 Å². The zero-order valence-corrected chi connectivity index (χ0v) is 15.9. The SMILES string of the molecule is Cc1cccc(-c2cnccc2C(=O)Nc2cc(C)c3c(c2)CCC(=O)N3)c1. The molecule has 5 nitrogen and oxygen atoms in total. The Balaban J connectivity index is 1.65. The van der Waals surface area contributed by atoms with Crippen LogP contribution in [0.15, 0.2) is 54.9 Å². The van der Waals surface area contributed by atoms with Crippen molar-refractivity contribution in [1.29, 1.82) is 0 Å². The van der Waals surface area contributed by atoms with Crippen LogP contribution in [0.2, 0.25) is 0 Å². The molecule has 28 heavy (non-hydrogen) atoms. The van der Waals surface area contributed by atoms with Gasteiger partial charge < -0.3 is 10.6 Å². The molecule has 0 radical (unpaired) electrons. The van der Waals surface area contributed by atoms with E-state index in [1.54, 1.807) is 18.5 Å². The molecular weight excluding hydrogens is 350 g/mol. The summed E-state index contributed by atoms with van der Waals surface area (Å²) in [5, 5.41) is 5.92. The fourth-order valence-electron chi connectivity index (χ4n) is 3.59. The summed E-state index contributed by atoms with van der Waals surface area (Å²) in [7, 11) is 0. The molecule has 2 heterocycles. The van der Waals surface area contributed by atoms with Crippen molar-refractivity contribution in [3.63, 3.8) is 0 Å². The number of carbonyl (C=O) groups excluding carboxylic acids is 2. The topological polar surface area (TPSA) is 71.1 Å². The van der Waals surface area contributed by atoms with E-state index < -0.39 is 0 Å². The molecule has 2 aromatic carbocycles. The van der Waals surface area contributed by atoms with Crippen LogP contribution in [0.5, 0.6) is 0 Å². The Morgan fingerprint density at radius 1 is 1.11 bits per heavy atom. The van der Waals surface area contributed by atoms with E-state index in [4.69, 9.17) is 0 Å². The number of nitrogens with one attached hydrogen (secondary N) is 2. The number of aryl methyl sites for hydroxylation is 3. The van der Waals surface area contributed by atoms with Crippen LogP contribution in [0.3, 0.4) is 0 Å². The third kappa shape index (κ3) is 3.51. The maximum Gasteiger partial charge on any atom is 0.256 e. The van der Waals surface area contributed by atoms with Gasteiger partial charge in [-0.05, 0) is 55.2 Å². The summed E-state index contributed by atoms with van der Waals surface area (Å²) in [6, 6.07) is 13.6. The Hall–Kier alpha value is -3.47. The van der Waals surface area contributed by atoms with Crippen molar-refractivity contribution in [2.75, 3.05) is 10.6 Å². The molecule has 0 aliphatic carbocycles. The van der Waals surface area contributed by atoms with Crippen LogP contribution in [-0.4, -0.2) is 16.8 Å². The van der Waals surface area contributed by atoms with Gasteiger partial charge in [0, 0.05) is 35.8 Å². The molecule has 0 unspecified atom stereocenters. The molecule has 2 N–H and O–H groups in total. The van der Waals surface area contributed by atoms with Gasteiger partial charge in [-0.2, -0.15) is 0 Å². The highest BCUT2D eigenvalue weighted by Gasteiger charge is 2.19. The molecule has 140 valence electrons. The number of hydrogen-bond donors (Lipinski definition) is 2.